The molecule has 0 aliphatic rings. The highest BCUT2D eigenvalue weighted by molar-refractivity contribution is 5.67. The van der Waals surface area contributed by atoms with Crippen LogP contribution in [-0.4, -0.2) is 40.0 Å². The van der Waals surface area contributed by atoms with Crippen molar-refractivity contribution in [3.63, 3.8) is 0 Å². The van der Waals surface area contributed by atoms with Crippen molar-refractivity contribution in [3.05, 3.63) is 12.4 Å². The van der Waals surface area contributed by atoms with Crippen molar-refractivity contribution >= 4 is 11.8 Å². The normalized spacial score (nSPS) is 11.3. The fourth-order valence-corrected chi connectivity index (χ4v) is 1.19. The van der Waals surface area contributed by atoms with E-state index in [0.717, 1.165) is 0 Å². The number of likely N-dealkylation sites (N-methyl/N-ethyl adjacent to an activating group) is 1. The van der Waals surface area contributed by atoms with E-state index >= 15 is 0 Å². The number of hydrogen-bond donors (Lipinski definition) is 1. The van der Waals surface area contributed by atoms with E-state index < -0.39 is 5.60 Å². The van der Waals surface area contributed by atoms with Crippen LogP contribution in [0.5, 0.6) is 0 Å². The molecule has 0 spiro atoms. The van der Waals surface area contributed by atoms with Crippen LogP contribution in [0.4, 0.5) is 10.5 Å². The maximum atomic E-state index is 11.6. The molecular weight excluding hydrogens is 220 g/mol. The Morgan fingerprint density at radius 1 is 1.59 bits per heavy atom. The molecule has 0 aliphatic carbocycles. The van der Waals surface area contributed by atoms with Gasteiger partial charge in [-0.25, -0.2) is 4.79 Å². The third-order valence-electron chi connectivity index (χ3n) is 2.02. The number of amides is 1. The van der Waals surface area contributed by atoms with Gasteiger partial charge in [-0.2, -0.15) is 5.10 Å². The van der Waals surface area contributed by atoms with E-state index in [9.17, 15) is 4.79 Å². The van der Waals surface area contributed by atoms with Gasteiger partial charge in [0.2, 0.25) is 0 Å². The number of carbonyl (C=O) groups excluding carboxylic acids is 1. The van der Waals surface area contributed by atoms with Crippen molar-refractivity contribution < 1.29 is 9.53 Å². The Labute approximate surface area is 101 Å². The molecule has 0 aliphatic heterocycles. The zero-order valence-electron chi connectivity index (χ0n) is 10.8. The van der Waals surface area contributed by atoms with Crippen LogP contribution >= 0.6 is 0 Å². The fourth-order valence-electron chi connectivity index (χ4n) is 1.19. The van der Waals surface area contributed by atoms with Crippen LogP contribution in [0, 0.1) is 0 Å². The zero-order valence-corrected chi connectivity index (χ0v) is 10.8. The summed E-state index contributed by atoms with van der Waals surface area (Å²) in [5.41, 5.74) is 5.68. The SMILES string of the molecule is CN(CCn1cc(N)cn1)C(=O)OC(C)(C)C. The Kier molecular flexibility index (Phi) is 3.98. The molecule has 0 fully saturated rings. The Morgan fingerprint density at radius 2 is 2.24 bits per heavy atom. The van der Waals surface area contributed by atoms with E-state index in [4.69, 9.17) is 10.5 Å². The number of nitrogen functional groups attached to an aromatic ring is 1. The number of nitrogens with two attached hydrogens (primary N) is 1. The first kappa shape index (κ1) is 13.3. The standard InChI is InChI=1S/C11H20N4O2/c1-11(2,3)17-10(16)14(4)5-6-15-8-9(12)7-13-15/h7-8H,5-6,12H2,1-4H3. The van der Waals surface area contributed by atoms with Crippen molar-refractivity contribution in [1.29, 1.82) is 0 Å². The summed E-state index contributed by atoms with van der Waals surface area (Å²) in [5, 5.41) is 4.03. The Morgan fingerprint density at radius 3 is 2.71 bits per heavy atom. The summed E-state index contributed by atoms with van der Waals surface area (Å²) in [4.78, 5) is 13.2. The Bertz CT molecular complexity index is 381. The van der Waals surface area contributed by atoms with Crippen LogP contribution in [0.1, 0.15) is 20.8 Å². The van der Waals surface area contributed by atoms with Gasteiger partial charge in [-0.05, 0) is 20.8 Å². The van der Waals surface area contributed by atoms with Crippen molar-refractivity contribution in [2.45, 2.75) is 32.9 Å². The molecule has 6 heteroatoms. The van der Waals surface area contributed by atoms with Crippen molar-refractivity contribution in [3.8, 4) is 0 Å². The predicted molar refractivity (Wildman–Crippen MR) is 65.5 cm³/mol. The topological polar surface area (TPSA) is 73.4 Å². The van der Waals surface area contributed by atoms with Gasteiger partial charge in [0.1, 0.15) is 5.60 Å². The lowest BCUT2D eigenvalue weighted by Gasteiger charge is -2.24. The lowest BCUT2D eigenvalue weighted by Crippen LogP contribution is -2.36. The molecule has 0 bridgehead atoms. The highest BCUT2D eigenvalue weighted by Crippen LogP contribution is 2.09. The highest BCUT2D eigenvalue weighted by Gasteiger charge is 2.19. The van der Waals surface area contributed by atoms with E-state index in [1.165, 1.54) is 4.90 Å². The molecule has 1 heterocycles. The third kappa shape index (κ3) is 4.76. The molecule has 0 radical (unpaired) electrons. The number of ether oxygens (including phenoxy) is 1. The maximum Gasteiger partial charge on any atom is 0.410 e. The summed E-state index contributed by atoms with van der Waals surface area (Å²) >= 11 is 0. The molecule has 2 N–H and O–H groups in total. The van der Waals surface area contributed by atoms with Crippen molar-refractivity contribution in [2.75, 3.05) is 19.3 Å². The van der Waals surface area contributed by atoms with Gasteiger partial charge in [0, 0.05) is 19.8 Å². The van der Waals surface area contributed by atoms with Gasteiger partial charge in [-0.3, -0.25) is 4.68 Å². The van der Waals surface area contributed by atoms with Crippen LogP contribution in [0.15, 0.2) is 12.4 Å². The average molecular weight is 240 g/mol. The lowest BCUT2D eigenvalue weighted by molar-refractivity contribution is 0.0292. The summed E-state index contributed by atoms with van der Waals surface area (Å²) < 4.78 is 6.92. The minimum atomic E-state index is -0.471. The van der Waals surface area contributed by atoms with Gasteiger partial charge >= 0.3 is 6.09 Å². The Hall–Kier alpha value is -1.72. The monoisotopic (exact) mass is 240 g/mol. The van der Waals surface area contributed by atoms with E-state index in [1.807, 2.05) is 20.8 Å². The zero-order chi connectivity index (χ0) is 13.1. The molecule has 1 amide bonds. The van der Waals surface area contributed by atoms with Crippen molar-refractivity contribution in [2.24, 2.45) is 0 Å². The highest BCUT2D eigenvalue weighted by atomic mass is 16.6. The first-order valence-electron chi connectivity index (χ1n) is 5.50. The minimum Gasteiger partial charge on any atom is -0.444 e. The van der Waals surface area contributed by atoms with Crippen molar-refractivity contribution in [1.82, 2.24) is 14.7 Å². The van der Waals surface area contributed by atoms with Crippen LogP contribution in [0.25, 0.3) is 0 Å². The van der Waals surface area contributed by atoms with Crippen LogP contribution < -0.4 is 5.73 Å². The summed E-state index contributed by atoms with van der Waals surface area (Å²) in [5.74, 6) is 0. The molecule has 0 saturated carbocycles. The number of anilines is 1. The first-order chi connectivity index (χ1) is 7.78. The predicted octanol–water partition coefficient (Wildman–Crippen LogP) is 1.33. The smallest absolute Gasteiger partial charge is 0.410 e. The number of hydrogen-bond acceptors (Lipinski definition) is 4. The van der Waals surface area contributed by atoms with Gasteiger partial charge in [-0.1, -0.05) is 0 Å². The van der Waals surface area contributed by atoms with E-state index in [1.54, 1.807) is 24.1 Å². The number of rotatable bonds is 3. The molecule has 0 saturated heterocycles. The minimum absolute atomic E-state index is 0.336. The fraction of sp³-hybridized carbons (Fsp3) is 0.636. The molecule has 0 aromatic carbocycles. The van der Waals surface area contributed by atoms with E-state index in [-0.39, 0.29) is 6.09 Å². The summed E-state index contributed by atoms with van der Waals surface area (Å²) in [6.45, 7) is 6.63. The quantitative estimate of drug-likeness (QED) is 0.865. The van der Waals surface area contributed by atoms with Gasteiger partial charge in [0.05, 0.1) is 18.4 Å². The molecule has 0 atom stereocenters. The summed E-state index contributed by atoms with van der Waals surface area (Å²) in [7, 11) is 1.70. The second kappa shape index (κ2) is 5.07. The maximum absolute atomic E-state index is 11.6. The van der Waals surface area contributed by atoms with Gasteiger partial charge in [0.15, 0.2) is 0 Å². The van der Waals surface area contributed by atoms with E-state index in [2.05, 4.69) is 5.10 Å². The molecule has 1 aromatic rings. The first-order valence-corrected chi connectivity index (χ1v) is 5.50. The van der Waals surface area contributed by atoms with Gasteiger partial charge in [0.25, 0.3) is 0 Å². The largest absolute Gasteiger partial charge is 0.444 e. The van der Waals surface area contributed by atoms with Gasteiger partial charge < -0.3 is 15.4 Å². The molecule has 1 rings (SSSR count). The van der Waals surface area contributed by atoms with Gasteiger partial charge in [-0.15, -0.1) is 0 Å². The van der Waals surface area contributed by atoms with Crippen LogP contribution in [0.3, 0.4) is 0 Å². The Balaban J connectivity index is 2.39. The second-order valence-corrected chi connectivity index (χ2v) is 4.94. The summed E-state index contributed by atoms with van der Waals surface area (Å²) in [6, 6.07) is 0. The second-order valence-electron chi connectivity index (χ2n) is 4.94. The molecule has 0 unspecified atom stereocenters. The molecule has 6 nitrogen and oxygen atoms in total. The number of aromatic nitrogens is 2. The van der Waals surface area contributed by atoms with E-state index in [0.29, 0.717) is 18.8 Å². The molecular formula is C11H20N4O2. The third-order valence-corrected chi connectivity index (χ3v) is 2.02. The lowest BCUT2D eigenvalue weighted by atomic mass is 10.2. The molecule has 96 valence electrons. The number of nitrogens with zero attached hydrogens (tertiary/aromatic N) is 3. The molecule has 17 heavy (non-hydrogen) atoms. The molecule has 1 aromatic heterocycles. The average Bonchev–Trinajstić information content (AvgIpc) is 2.58. The van der Waals surface area contributed by atoms with Crippen LogP contribution in [0.2, 0.25) is 0 Å². The van der Waals surface area contributed by atoms with Crippen LogP contribution in [-0.2, 0) is 11.3 Å². The summed E-state index contributed by atoms with van der Waals surface area (Å²) in [6.07, 6.45) is 2.97. The number of carbonyl (C=O) groups is 1.